The molecule has 3 amide bonds. The number of nitrogens with one attached hydrogen (secondary N) is 1. The highest BCUT2D eigenvalue weighted by molar-refractivity contribution is 9.09. The molecule has 2 aromatic carbocycles. The molecule has 1 unspecified atom stereocenters. The van der Waals surface area contributed by atoms with Gasteiger partial charge in [0.25, 0.3) is 5.91 Å². The predicted molar refractivity (Wildman–Crippen MR) is 190 cm³/mol. The Hall–Kier alpha value is -3.51. The molecule has 262 valence electrons. The molecular weight excluding hydrogens is 714 g/mol. The fourth-order valence-electron chi connectivity index (χ4n) is 7.58. The van der Waals surface area contributed by atoms with E-state index in [-0.39, 0.29) is 43.1 Å². The van der Waals surface area contributed by atoms with Crippen LogP contribution in [0.4, 0.5) is 5.69 Å². The van der Waals surface area contributed by atoms with Gasteiger partial charge >= 0.3 is 5.97 Å². The molecule has 2 bridgehead atoms. The fourth-order valence-corrected chi connectivity index (χ4v) is 8.84. The first kappa shape index (κ1) is 36.8. The van der Waals surface area contributed by atoms with Crippen molar-refractivity contribution in [2.24, 2.45) is 11.8 Å². The summed E-state index contributed by atoms with van der Waals surface area (Å²) in [7, 11) is 0. The van der Waals surface area contributed by atoms with Gasteiger partial charge < -0.3 is 29.7 Å². The zero-order valence-corrected chi connectivity index (χ0v) is 30.1. The molecule has 3 heterocycles. The highest BCUT2D eigenvalue weighted by Gasteiger charge is 2.77. The van der Waals surface area contributed by atoms with E-state index in [1.54, 1.807) is 31.2 Å². The van der Waals surface area contributed by atoms with Crippen LogP contribution in [0.5, 0.6) is 0 Å². The molecule has 2 aromatic rings. The molecule has 10 nitrogen and oxygen atoms in total. The summed E-state index contributed by atoms with van der Waals surface area (Å²) in [6, 6.07) is 12.7. The highest BCUT2D eigenvalue weighted by atomic mass is 79.9. The Labute approximate surface area is 300 Å². The summed E-state index contributed by atoms with van der Waals surface area (Å²) in [5, 5.41) is 13.9. The number of aliphatic hydroxyl groups is 1. The molecule has 8 atom stereocenters. The average Bonchev–Trinajstić information content (AvgIpc) is 3.68. The Morgan fingerprint density at radius 2 is 1.94 bits per heavy atom. The molecule has 3 aliphatic heterocycles. The number of aryl methyl sites for hydroxylation is 1. The number of benzene rings is 2. The number of likely N-dealkylation sites (tertiary alicyclic amines) is 1. The first-order valence-corrected chi connectivity index (χ1v) is 17.8. The number of fused-ring (bicyclic) bond motifs is 1. The van der Waals surface area contributed by atoms with E-state index in [0.29, 0.717) is 17.1 Å². The minimum absolute atomic E-state index is 0.0893. The lowest BCUT2D eigenvalue weighted by Crippen LogP contribution is -2.59. The van der Waals surface area contributed by atoms with E-state index in [1.165, 1.54) is 9.80 Å². The Morgan fingerprint density at radius 1 is 1.20 bits per heavy atom. The van der Waals surface area contributed by atoms with Gasteiger partial charge in [-0.2, -0.15) is 0 Å². The largest absolute Gasteiger partial charge is 0.460 e. The van der Waals surface area contributed by atoms with Crippen LogP contribution >= 0.6 is 27.5 Å². The number of nitrogens with zero attached hydrogens (tertiary/aromatic N) is 2. The van der Waals surface area contributed by atoms with Crippen molar-refractivity contribution in [3.63, 3.8) is 0 Å². The topological polar surface area (TPSA) is 125 Å². The third kappa shape index (κ3) is 7.08. The van der Waals surface area contributed by atoms with Crippen LogP contribution in [0, 0.1) is 18.8 Å². The van der Waals surface area contributed by atoms with E-state index >= 15 is 4.79 Å². The number of anilines is 1. The van der Waals surface area contributed by atoms with Gasteiger partial charge in [0.2, 0.25) is 11.8 Å². The maximum Gasteiger partial charge on any atom is 0.312 e. The zero-order chi connectivity index (χ0) is 35.5. The minimum Gasteiger partial charge on any atom is -0.460 e. The number of amides is 3. The molecule has 5 rings (SSSR count). The summed E-state index contributed by atoms with van der Waals surface area (Å²) in [5.74, 6) is -3.84. The number of rotatable bonds is 15. The Morgan fingerprint density at radius 3 is 2.59 bits per heavy atom. The number of carbonyl (C=O) groups excluding carboxylic acids is 4. The molecule has 3 saturated heterocycles. The summed E-state index contributed by atoms with van der Waals surface area (Å²) in [6.45, 7) is 10.8. The molecule has 0 saturated carbocycles. The third-order valence-electron chi connectivity index (χ3n) is 9.67. The van der Waals surface area contributed by atoms with E-state index < -0.39 is 66.1 Å². The molecule has 1 spiro atoms. The van der Waals surface area contributed by atoms with Crippen molar-refractivity contribution < 1.29 is 33.8 Å². The van der Waals surface area contributed by atoms with Gasteiger partial charge in [0.1, 0.15) is 17.7 Å². The van der Waals surface area contributed by atoms with Gasteiger partial charge in [0, 0.05) is 17.8 Å². The van der Waals surface area contributed by atoms with Crippen LogP contribution in [0.1, 0.15) is 37.3 Å². The number of hydrogen-bond donors (Lipinski definition) is 2. The maximum atomic E-state index is 15.1. The standard InChI is InChI=1S/C37H43BrClN3O7/c1-5-7-16-28(44)40-20-23(4)48-36(47)29-30-34(45)42(25(21-43)18-24-13-9-8-10-14-24)33(37(30)19-26(38)32(29)49-37)35(46)41(17-6-2)31-22(3)12-11-15-27(31)39/h5-6,8-15,23,25-26,29-30,32-33,43H,1-2,7,16-21H2,3-4H3,(H,40,44)/t23-,25-,26?,29+,30-,32+,33+,37-/m1/s1. The average molecular weight is 757 g/mol. The van der Waals surface area contributed by atoms with E-state index in [4.69, 9.17) is 21.1 Å². The van der Waals surface area contributed by atoms with Crippen LogP contribution in [0.3, 0.4) is 0 Å². The number of halogens is 2. The van der Waals surface area contributed by atoms with Gasteiger partial charge in [-0.15, -0.1) is 13.2 Å². The van der Waals surface area contributed by atoms with Gasteiger partial charge in [-0.25, -0.2) is 0 Å². The Bertz CT molecular complexity index is 1570. The van der Waals surface area contributed by atoms with Crippen molar-refractivity contribution in [3.05, 3.63) is 90.0 Å². The molecule has 12 heteroatoms. The highest BCUT2D eigenvalue weighted by Crippen LogP contribution is 2.61. The van der Waals surface area contributed by atoms with Gasteiger partial charge in [0.05, 0.1) is 47.8 Å². The van der Waals surface area contributed by atoms with Crippen LogP contribution in [0.15, 0.2) is 73.8 Å². The van der Waals surface area contributed by atoms with E-state index in [9.17, 15) is 19.5 Å². The lowest BCUT2D eigenvalue weighted by atomic mass is 9.70. The number of esters is 1. The summed E-state index contributed by atoms with van der Waals surface area (Å²) < 4.78 is 12.5. The summed E-state index contributed by atoms with van der Waals surface area (Å²) in [6.07, 6.45) is 3.13. The number of allylic oxidation sites excluding steroid dienone is 1. The smallest absolute Gasteiger partial charge is 0.312 e. The maximum absolute atomic E-state index is 15.1. The molecule has 0 aromatic heterocycles. The second-order valence-electron chi connectivity index (χ2n) is 13.0. The molecule has 3 aliphatic rings. The normalized spacial score (nSPS) is 26.5. The van der Waals surface area contributed by atoms with E-state index in [2.05, 4.69) is 34.4 Å². The predicted octanol–water partition coefficient (Wildman–Crippen LogP) is 4.53. The van der Waals surface area contributed by atoms with Crippen LogP contribution in [0.25, 0.3) is 0 Å². The van der Waals surface area contributed by atoms with Crippen molar-refractivity contribution in [2.75, 3.05) is 24.6 Å². The van der Waals surface area contributed by atoms with Crippen molar-refractivity contribution in [1.29, 1.82) is 0 Å². The number of ether oxygens (including phenoxy) is 2. The van der Waals surface area contributed by atoms with Crippen molar-refractivity contribution in [3.8, 4) is 0 Å². The van der Waals surface area contributed by atoms with Crippen LogP contribution in [-0.4, -0.2) is 88.1 Å². The third-order valence-corrected chi connectivity index (χ3v) is 10.8. The number of aliphatic hydroxyl groups excluding tert-OH is 1. The van der Waals surface area contributed by atoms with Gasteiger partial charge in [-0.3, -0.25) is 19.2 Å². The Kier molecular flexibility index (Phi) is 11.7. The summed E-state index contributed by atoms with van der Waals surface area (Å²) >= 11 is 10.4. The molecule has 0 radical (unpaired) electrons. The molecule has 0 aliphatic carbocycles. The van der Waals surface area contributed by atoms with Crippen molar-refractivity contribution in [1.82, 2.24) is 10.2 Å². The minimum atomic E-state index is -1.41. The summed E-state index contributed by atoms with van der Waals surface area (Å²) in [4.78, 5) is 58.5. The summed E-state index contributed by atoms with van der Waals surface area (Å²) in [5.41, 5.74) is 0.686. The molecular formula is C37H43BrClN3O7. The van der Waals surface area contributed by atoms with Gasteiger partial charge in [0.15, 0.2) is 0 Å². The molecule has 2 N–H and O–H groups in total. The fraction of sp³-hybridized carbons (Fsp3) is 0.459. The lowest BCUT2D eigenvalue weighted by molar-refractivity contribution is -0.159. The zero-order valence-electron chi connectivity index (χ0n) is 27.7. The van der Waals surface area contributed by atoms with Crippen LogP contribution < -0.4 is 10.2 Å². The van der Waals surface area contributed by atoms with Crippen LogP contribution in [0.2, 0.25) is 5.02 Å². The second-order valence-corrected chi connectivity index (χ2v) is 14.5. The van der Waals surface area contributed by atoms with Crippen molar-refractivity contribution in [2.45, 2.75) is 74.3 Å². The Balaban J connectivity index is 1.53. The van der Waals surface area contributed by atoms with Crippen LogP contribution in [-0.2, 0) is 35.1 Å². The van der Waals surface area contributed by atoms with E-state index in [1.807, 2.05) is 43.3 Å². The number of alkyl halides is 1. The first-order chi connectivity index (χ1) is 23.5. The second kappa shape index (κ2) is 15.6. The quantitative estimate of drug-likeness (QED) is 0.156. The monoisotopic (exact) mass is 755 g/mol. The van der Waals surface area contributed by atoms with Gasteiger partial charge in [-0.1, -0.05) is 82.1 Å². The lowest BCUT2D eigenvalue weighted by Gasteiger charge is -2.40. The molecule has 3 fully saturated rings. The number of para-hydroxylation sites is 1. The number of carbonyl (C=O) groups is 4. The SMILES string of the molecule is C=CCCC(=O)NC[C@@H](C)OC(=O)[C@@H]1[C@H]2O[C@@]3(CC2Br)[C@H](C(=O)N(CC=C)c2c(C)cccc2Cl)N([C@@H](CO)Cc2ccccc2)C(=O)[C@@H]13. The van der Waals surface area contributed by atoms with E-state index in [0.717, 1.165) is 11.1 Å². The van der Waals surface area contributed by atoms with Crippen molar-refractivity contribution >= 4 is 56.9 Å². The first-order valence-electron chi connectivity index (χ1n) is 16.5. The van der Waals surface area contributed by atoms with Gasteiger partial charge in [-0.05, 0) is 50.3 Å². The number of hydrogen-bond acceptors (Lipinski definition) is 7. The molecule has 49 heavy (non-hydrogen) atoms.